The van der Waals surface area contributed by atoms with Crippen molar-refractivity contribution in [3.63, 3.8) is 0 Å². The van der Waals surface area contributed by atoms with Crippen molar-refractivity contribution < 1.29 is 0 Å². The van der Waals surface area contributed by atoms with Crippen molar-refractivity contribution in [1.82, 2.24) is 0 Å². The average molecular weight is 765 g/mol. The van der Waals surface area contributed by atoms with Gasteiger partial charge in [0.05, 0.1) is 11.4 Å². The largest absolute Gasteiger partial charge is 0.354 e. The molecule has 1 N–H and O–H groups in total. The molecule has 282 valence electrons. The lowest BCUT2D eigenvalue weighted by atomic mass is 9.55. The molecule has 1 aliphatic carbocycles. The maximum absolute atomic E-state index is 4.15. The van der Waals surface area contributed by atoms with E-state index in [0.29, 0.717) is 0 Å². The van der Waals surface area contributed by atoms with Gasteiger partial charge in [-0.15, -0.1) is 0 Å². The van der Waals surface area contributed by atoms with E-state index in [-0.39, 0.29) is 10.8 Å². The zero-order valence-corrected chi connectivity index (χ0v) is 34.0. The number of hydrogen-bond acceptors (Lipinski definition) is 2. The minimum Gasteiger partial charge on any atom is -0.354 e. The molecule has 0 spiro atoms. The first-order chi connectivity index (χ1) is 29.4. The van der Waals surface area contributed by atoms with E-state index in [4.69, 9.17) is 0 Å². The third-order valence-corrected chi connectivity index (χ3v) is 14.4. The molecule has 0 aromatic heterocycles. The Bertz CT molecular complexity index is 3310. The van der Waals surface area contributed by atoms with E-state index in [2.05, 4.69) is 213 Å². The van der Waals surface area contributed by atoms with Crippen molar-refractivity contribution in [3.8, 4) is 44.5 Å². The van der Waals surface area contributed by atoms with Gasteiger partial charge in [-0.05, 0) is 120 Å². The number of nitrogens with zero attached hydrogens (tertiary/aromatic N) is 1. The molecule has 0 saturated carbocycles. The van der Waals surface area contributed by atoms with E-state index in [9.17, 15) is 0 Å². The van der Waals surface area contributed by atoms with Gasteiger partial charge < -0.3 is 10.2 Å². The van der Waals surface area contributed by atoms with Crippen molar-refractivity contribution in [2.75, 3.05) is 10.2 Å². The Morgan fingerprint density at radius 1 is 0.450 bits per heavy atom. The summed E-state index contributed by atoms with van der Waals surface area (Å²) in [6, 6.07) is 68.4. The van der Waals surface area contributed by atoms with Gasteiger partial charge in [0.1, 0.15) is 0 Å². The Morgan fingerprint density at radius 2 is 1.12 bits per heavy atom. The van der Waals surface area contributed by atoms with Gasteiger partial charge in [0, 0.05) is 33.5 Å². The highest BCUT2D eigenvalue weighted by molar-refractivity contribution is 6.73. The van der Waals surface area contributed by atoms with Crippen LogP contribution in [0.2, 0.25) is 0 Å². The smallest absolute Gasteiger partial charge is 0.198 e. The SMILES string of the molecule is CC1(C)c2cc3ccccc3cc2N2c3cc(-c4ccccc4)cc(-c4ccc(-c5ccccc5)c5c4Nc4cccc6c4C5(C)c4ccccc4-6)c3Bc3cccc1c32. The Labute approximate surface area is 352 Å². The maximum Gasteiger partial charge on any atom is 0.198 e. The molecule has 3 aliphatic heterocycles. The average Bonchev–Trinajstić information content (AvgIpc) is 3.56. The summed E-state index contributed by atoms with van der Waals surface area (Å²) in [4.78, 5) is 2.63. The first-order valence-electron chi connectivity index (χ1n) is 21.3. The minimum atomic E-state index is -0.374. The van der Waals surface area contributed by atoms with Crippen LogP contribution in [0.15, 0.2) is 182 Å². The quantitative estimate of drug-likeness (QED) is 0.180. The molecule has 13 rings (SSSR count). The lowest BCUT2D eigenvalue weighted by Crippen LogP contribution is -2.45. The Kier molecular flexibility index (Phi) is 6.76. The van der Waals surface area contributed by atoms with E-state index in [0.717, 1.165) is 7.28 Å². The van der Waals surface area contributed by atoms with Crippen molar-refractivity contribution >= 4 is 57.4 Å². The Morgan fingerprint density at radius 3 is 1.93 bits per heavy atom. The van der Waals surface area contributed by atoms with Crippen LogP contribution in [-0.4, -0.2) is 7.28 Å². The number of benzene rings is 9. The van der Waals surface area contributed by atoms with Crippen LogP contribution in [-0.2, 0) is 10.8 Å². The maximum atomic E-state index is 4.15. The van der Waals surface area contributed by atoms with Crippen molar-refractivity contribution in [1.29, 1.82) is 0 Å². The van der Waals surface area contributed by atoms with Crippen LogP contribution in [0, 0.1) is 0 Å². The molecule has 3 heteroatoms. The van der Waals surface area contributed by atoms with Gasteiger partial charge in [0.15, 0.2) is 7.28 Å². The fourth-order valence-electron chi connectivity index (χ4n) is 11.6. The van der Waals surface area contributed by atoms with Gasteiger partial charge in [-0.3, -0.25) is 0 Å². The van der Waals surface area contributed by atoms with Gasteiger partial charge in [0.25, 0.3) is 0 Å². The monoisotopic (exact) mass is 764 g/mol. The molecule has 1 unspecified atom stereocenters. The van der Waals surface area contributed by atoms with Gasteiger partial charge in [-0.2, -0.15) is 0 Å². The molecular weight excluding hydrogens is 723 g/mol. The number of rotatable bonds is 3. The molecule has 3 heterocycles. The van der Waals surface area contributed by atoms with E-state index in [1.165, 1.54) is 122 Å². The third-order valence-electron chi connectivity index (χ3n) is 14.4. The van der Waals surface area contributed by atoms with Crippen LogP contribution in [0.4, 0.5) is 28.4 Å². The number of anilines is 5. The van der Waals surface area contributed by atoms with E-state index in [1.807, 2.05) is 0 Å². The fourth-order valence-corrected chi connectivity index (χ4v) is 11.6. The molecule has 60 heavy (non-hydrogen) atoms. The highest BCUT2D eigenvalue weighted by atomic mass is 15.2. The molecule has 9 aromatic carbocycles. The summed E-state index contributed by atoms with van der Waals surface area (Å²) in [7, 11) is 0.842. The Balaban J connectivity index is 1.14. The molecule has 0 saturated heterocycles. The summed E-state index contributed by atoms with van der Waals surface area (Å²) in [5.74, 6) is 0. The zero-order chi connectivity index (χ0) is 39.9. The zero-order valence-electron chi connectivity index (χ0n) is 34.0. The molecule has 1 atom stereocenters. The van der Waals surface area contributed by atoms with Crippen molar-refractivity contribution in [3.05, 3.63) is 210 Å². The Hall–Kier alpha value is -7.10. The highest BCUT2D eigenvalue weighted by Gasteiger charge is 2.48. The molecule has 0 bridgehead atoms. The molecule has 0 amide bonds. The summed E-state index contributed by atoms with van der Waals surface area (Å²) >= 11 is 0. The van der Waals surface area contributed by atoms with E-state index in [1.54, 1.807) is 0 Å². The second-order valence-corrected chi connectivity index (χ2v) is 17.9. The van der Waals surface area contributed by atoms with E-state index < -0.39 is 0 Å². The molecule has 0 radical (unpaired) electrons. The van der Waals surface area contributed by atoms with Gasteiger partial charge >= 0.3 is 0 Å². The summed E-state index contributed by atoms with van der Waals surface area (Å²) in [6.07, 6.45) is 0. The molecule has 0 fully saturated rings. The molecule has 4 aliphatic rings. The predicted molar refractivity (Wildman–Crippen MR) is 254 cm³/mol. The molecule has 2 nitrogen and oxygen atoms in total. The normalized spacial score (nSPS) is 16.7. The minimum absolute atomic E-state index is 0.173. The topological polar surface area (TPSA) is 15.3 Å². The standard InChI is InChI=1S/C57H41BN2/c1-56(2)45-25-15-26-47-55(45)60(49-32-37-21-11-10-20-36(37)31-46(49)56)50-33-38(34-16-6-4-7-17-34)30-43(53(50)58-47)42-29-28-39(35-18-8-5-9-19-35)52-54(42)59-48-27-14-23-41-40-22-12-13-24-44(40)57(52,3)51(41)48/h4-33,58-59H,1-3H3. The first kappa shape index (κ1) is 33.8. The summed E-state index contributed by atoms with van der Waals surface area (Å²) in [5, 5.41) is 6.69. The van der Waals surface area contributed by atoms with Crippen LogP contribution in [0.5, 0.6) is 0 Å². The summed E-state index contributed by atoms with van der Waals surface area (Å²) in [6.45, 7) is 7.29. The number of para-hydroxylation sites is 1. The van der Waals surface area contributed by atoms with Crippen molar-refractivity contribution in [2.24, 2.45) is 0 Å². The van der Waals surface area contributed by atoms with Gasteiger partial charge in [0.2, 0.25) is 0 Å². The lowest BCUT2D eigenvalue weighted by Gasteiger charge is -2.46. The van der Waals surface area contributed by atoms with E-state index >= 15 is 0 Å². The van der Waals surface area contributed by atoms with Gasteiger partial charge in [-0.25, -0.2) is 0 Å². The fraction of sp³-hybridized carbons (Fsp3) is 0.0877. The predicted octanol–water partition coefficient (Wildman–Crippen LogP) is 13.0. The molecule has 9 aromatic rings. The summed E-state index contributed by atoms with van der Waals surface area (Å²) in [5.41, 5.74) is 25.3. The van der Waals surface area contributed by atoms with Crippen LogP contribution >= 0.6 is 0 Å². The second kappa shape index (κ2) is 12.0. The van der Waals surface area contributed by atoms with Crippen LogP contribution in [0.3, 0.4) is 0 Å². The van der Waals surface area contributed by atoms with Crippen molar-refractivity contribution in [2.45, 2.75) is 31.6 Å². The first-order valence-corrected chi connectivity index (χ1v) is 21.3. The number of hydrogen-bond donors (Lipinski definition) is 1. The van der Waals surface area contributed by atoms with Crippen LogP contribution in [0.25, 0.3) is 55.3 Å². The van der Waals surface area contributed by atoms with Crippen LogP contribution in [0.1, 0.15) is 48.6 Å². The van der Waals surface area contributed by atoms with Gasteiger partial charge in [-0.1, -0.05) is 171 Å². The summed E-state index contributed by atoms with van der Waals surface area (Å²) < 4.78 is 0. The van der Waals surface area contributed by atoms with Crippen LogP contribution < -0.4 is 21.1 Å². The highest BCUT2D eigenvalue weighted by Crippen LogP contribution is 2.62. The number of nitrogens with one attached hydrogen (secondary N) is 1. The number of fused-ring (bicyclic) bond motifs is 10. The lowest BCUT2D eigenvalue weighted by molar-refractivity contribution is 0.633. The second-order valence-electron chi connectivity index (χ2n) is 17.9. The third kappa shape index (κ3) is 4.39. The molecular formula is C57H41BN2.